The van der Waals surface area contributed by atoms with Gasteiger partial charge < -0.3 is 15.0 Å². The first-order chi connectivity index (χ1) is 9.54. The van der Waals surface area contributed by atoms with Crippen molar-refractivity contribution < 1.29 is 14.1 Å². The lowest BCUT2D eigenvalue weighted by Crippen LogP contribution is -2.31. The molecule has 0 fully saturated rings. The van der Waals surface area contributed by atoms with Gasteiger partial charge in [-0.05, 0) is 18.7 Å². The molecule has 7 heteroatoms. The Morgan fingerprint density at radius 3 is 2.80 bits per heavy atom. The van der Waals surface area contributed by atoms with Crippen LogP contribution in [0.2, 0.25) is 0 Å². The molecule has 1 rings (SSSR count). The zero-order valence-corrected chi connectivity index (χ0v) is 11.8. The third-order valence-electron chi connectivity index (χ3n) is 2.89. The maximum absolute atomic E-state index is 13.4. The number of likely N-dealkylation sites (N-methyl/N-ethyl adjacent to an activating group) is 1. The standard InChI is InChI=1S/C13H20FN3O3/c1-16(7-8-20-2)6-5-15-10-11-3-4-13(17(18)19)12(14)9-11/h3-4,9,15H,5-8,10H2,1-2H3. The molecule has 1 aromatic rings. The van der Waals surface area contributed by atoms with Crippen molar-refractivity contribution in [2.45, 2.75) is 6.54 Å². The Bertz CT molecular complexity index is 443. The van der Waals surface area contributed by atoms with E-state index in [9.17, 15) is 14.5 Å². The monoisotopic (exact) mass is 285 g/mol. The SMILES string of the molecule is COCCN(C)CCNCc1ccc([N+](=O)[O-])c(F)c1. The molecule has 0 heterocycles. The minimum absolute atomic E-state index is 0.479. The van der Waals surface area contributed by atoms with Gasteiger partial charge in [0.05, 0.1) is 11.5 Å². The van der Waals surface area contributed by atoms with Crippen LogP contribution >= 0.6 is 0 Å². The Morgan fingerprint density at radius 2 is 2.20 bits per heavy atom. The van der Waals surface area contributed by atoms with Crippen LogP contribution in [-0.2, 0) is 11.3 Å². The number of ether oxygens (including phenoxy) is 1. The van der Waals surface area contributed by atoms with Gasteiger partial charge in [0, 0.05) is 39.4 Å². The number of hydrogen-bond donors (Lipinski definition) is 1. The normalized spacial score (nSPS) is 11.0. The zero-order chi connectivity index (χ0) is 15.0. The molecule has 0 aromatic heterocycles. The first kappa shape index (κ1) is 16.5. The topological polar surface area (TPSA) is 67.6 Å². The fourth-order valence-corrected chi connectivity index (χ4v) is 1.67. The highest BCUT2D eigenvalue weighted by molar-refractivity contribution is 5.34. The van der Waals surface area contributed by atoms with Crippen molar-refractivity contribution in [3.05, 3.63) is 39.7 Å². The van der Waals surface area contributed by atoms with Gasteiger partial charge in [0.25, 0.3) is 0 Å². The second-order valence-electron chi connectivity index (χ2n) is 4.52. The van der Waals surface area contributed by atoms with E-state index in [-0.39, 0.29) is 0 Å². The van der Waals surface area contributed by atoms with Crippen molar-refractivity contribution in [3.8, 4) is 0 Å². The van der Waals surface area contributed by atoms with E-state index in [0.717, 1.165) is 19.6 Å². The summed E-state index contributed by atoms with van der Waals surface area (Å²) in [4.78, 5) is 11.9. The van der Waals surface area contributed by atoms with E-state index >= 15 is 0 Å². The zero-order valence-electron chi connectivity index (χ0n) is 11.8. The molecular formula is C13H20FN3O3. The third kappa shape index (κ3) is 5.60. The van der Waals surface area contributed by atoms with Gasteiger partial charge in [-0.2, -0.15) is 4.39 Å². The Labute approximate surface area is 117 Å². The van der Waals surface area contributed by atoms with E-state index in [1.807, 2.05) is 7.05 Å². The fraction of sp³-hybridized carbons (Fsp3) is 0.538. The Balaban J connectivity index is 2.32. The molecule has 20 heavy (non-hydrogen) atoms. The quantitative estimate of drug-likeness (QED) is 0.422. The predicted octanol–water partition coefficient (Wildman–Crippen LogP) is 1.40. The van der Waals surface area contributed by atoms with E-state index in [1.165, 1.54) is 12.1 Å². The number of halogens is 1. The number of nitrogens with one attached hydrogen (secondary N) is 1. The van der Waals surface area contributed by atoms with Crippen LogP contribution in [0.4, 0.5) is 10.1 Å². The van der Waals surface area contributed by atoms with Crippen LogP contribution in [0, 0.1) is 15.9 Å². The largest absolute Gasteiger partial charge is 0.383 e. The van der Waals surface area contributed by atoms with Crippen molar-refractivity contribution >= 4 is 5.69 Å². The molecule has 0 aliphatic rings. The second-order valence-corrected chi connectivity index (χ2v) is 4.52. The summed E-state index contributed by atoms with van der Waals surface area (Å²) < 4.78 is 18.4. The second kappa shape index (κ2) is 8.57. The van der Waals surface area contributed by atoms with Crippen LogP contribution < -0.4 is 5.32 Å². The average molecular weight is 285 g/mol. The first-order valence-corrected chi connectivity index (χ1v) is 6.35. The lowest BCUT2D eigenvalue weighted by molar-refractivity contribution is -0.387. The van der Waals surface area contributed by atoms with Crippen LogP contribution in [0.5, 0.6) is 0 Å². The van der Waals surface area contributed by atoms with Crippen molar-refractivity contribution in [1.82, 2.24) is 10.2 Å². The van der Waals surface area contributed by atoms with E-state index in [2.05, 4.69) is 10.2 Å². The molecule has 0 saturated heterocycles. The molecule has 0 aliphatic heterocycles. The molecule has 0 spiro atoms. The summed E-state index contributed by atoms with van der Waals surface area (Å²) in [6, 6.07) is 3.94. The molecular weight excluding hydrogens is 265 g/mol. The van der Waals surface area contributed by atoms with Crippen molar-refractivity contribution in [2.75, 3.05) is 40.4 Å². The molecule has 0 radical (unpaired) electrons. The average Bonchev–Trinajstić information content (AvgIpc) is 2.41. The third-order valence-corrected chi connectivity index (χ3v) is 2.89. The fourth-order valence-electron chi connectivity index (χ4n) is 1.67. The number of rotatable bonds is 9. The summed E-state index contributed by atoms with van der Waals surface area (Å²) in [5.74, 6) is -0.800. The highest BCUT2D eigenvalue weighted by Crippen LogP contribution is 2.17. The summed E-state index contributed by atoms with van der Waals surface area (Å²) in [5.41, 5.74) is 0.195. The maximum Gasteiger partial charge on any atom is 0.304 e. The van der Waals surface area contributed by atoms with E-state index in [0.29, 0.717) is 18.7 Å². The molecule has 1 aromatic carbocycles. The molecule has 6 nitrogen and oxygen atoms in total. The summed E-state index contributed by atoms with van der Waals surface area (Å²) >= 11 is 0. The molecule has 0 unspecified atom stereocenters. The van der Waals surface area contributed by atoms with E-state index < -0.39 is 16.4 Å². The predicted molar refractivity (Wildman–Crippen MR) is 74.1 cm³/mol. The smallest absolute Gasteiger partial charge is 0.304 e. The lowest BCUT2D eigenvalue weighted by Gasteiger charge is -2.16. The number of nitrogens with zero attached hydrogens (tertiary/aromatic N) is 2. The Morgan fingerprint density at radius 1 is 1.45 bits per heavy atom. The molecule has 0 aliphatic carbocycles. The van der Waals surface area contributed by atoms with Crippen molar-refractivity contribution in [2.24, 2.45) is 0 Å². The van der Waals surface area contributed by atoms with Gasteiger partial charge in [-0.15, -0.1) is 0 Å². The van der Waals surface area contributed by atoms with E-state index in [4.69, 9.17) is 4.74 Å². The van der Waals surface area contributed by atoms with Gasteiger partial charge in [-0.3, -0.25) is 10.1 Å². The van der Waals surface area contributed by atoms with E-state index in [1.54, 1.807) is 13.2 Å². The number of methoxy groups -OCH3 is 1. The number of hydrogen-bond acceptors (Lipinski definition) is 5. The van der Waals surface area contributed by atoms with Crippen LogP contribution in [0.1, 0.15) is 5.56 Å². The van der Waals surface area contributed by atoms with Crippen LogP contribution in [0.3, 0.4) is 0 Å². The van der Waals surface area contributed by atoms with Gasteiger partial charge in [0.1, 0.15) is 0 Å². The maximum atomic E-state index is 13.4. The van der Waals surface area contributed by atoms with Gasteiger partial charge in [-0.1, -0.05) is 6.07 Å². The molecule has 112 valence electrons. The summed E-state index contributed by atoms with van der Waals surface area (Å²) in [6.07, 6.45) is 0. The summed E-state index contributed by atoms with van der Waals surface area (Å²) in [6.45, 7) is 3.61. The summed E-state index contributed by atoms with van der Waals surface area (Å²) in [7, 11) is 3.65. The number of benzene rings is 1. The first-order valence-electron chi connectivity index (χ1n) is 6.35. The van der Waals surface area contributed by atoms with Crippen LogP contribution in [-0.4, -0.2) is 50.2 Å². The Hall–Kier alpha value is -1.57. The van der Waals surface area contributed by atoms with Crippen molar-refractivity contribution in [3.63, 3.8) is 0 Å². The van der Waals surface area contributed by atoms with Gasteiger partial charge in [-0.25, -0.2) is 0 Å². The highest BCUT2D eigenvalue weighted by Gasteiger charge is 2.13. The minimum atomic E-state index is -0.800. The highest BCUT2D eigenvalue weighted by atomic mass is 19.1. The van der Waals surface area contributed by atoms with Gasteiger partial charge in [0.2, 0.25) is 5.82 Å². The van der Waals surface area contributed by atoms with Gasteiger partial charge >= 0.3 is 5.69 Å². The number of nitro groups is 1. The van der Waals surface area contributed by atoms with Crippen LogP contribution in [0.25, 0.3) is 0 Å². The van der Waals surface area contributed by atoms with Gasteiger partial charge in [0.15, 0.2) is 0 Å². The molecule has 0 amide bonds. The molecule has 0 bridgehead atoms. The Kier molecular flexibility index (Phi) is 7.06. The molecule has 1 N–H and O–H groups in total. The number of nitro benzene ring substituents is 1. The molecule has 0 atom stereocenters. The van der Waals surface area contributed by atoms with Crippen molar-refractivity contribution in [1.29, 1.82) is 0 Å². The van der Waals surface area contributed by atoms with Crippen LogP contribution in [0.15, 0.2) is 18.2 Å². The minimum Gasteiger partial charge on any atom is -0.383 e. The summed E-state index contributed by atoms with van der Waals surface area (Å²) in [5, 5.41) is 13.7. The molecule has 0 saturated carbocycles. The lowest BCUT2D eigenvalue weighted by atomic mass is 10.2.